The third kappa shape index (κ3) is 3.68. The molecular formula is C20H20FN3O4S. The molecule has 152 valence electrons. The number of hydrogen-bond donors (Lipinski definition) is 1. The topological polar surface area (TPSA) is 90.8 Å². The molecule has 2 fully saturated rings. The molecule has 1 N–H and O–H groups in total. The van der Waals surface area contributed by atoms with Gasteiger partial charge in [0.05, 0.1) is 12.5 Å². The maximum absolute atomic E-state index is 13.1. The van der Waals surface area contributed by atoms with Gasteiger partial charge in [-0.2, -0.15) is 4.31 Å². The molecule has 0 bridgehead atoms. The molecule has 9 heteroatoms. The van der Waals surface area contributed by atoms with Crippen molar-refractivity contribution in [2.75, 3.05) is 32.8 Å². The number of carbonyl (C=O) groups excluding carboxylic acids is 1. The van der Waals surface area contributed by atoms with Crippen LogP contribution in [0.5, 0.6) is 0 Å². The monoisotopic (exact) mass is 417 g/mol. The van der Waals surface area contributed by atoms with Crippen molar-refractivity contribution >= 4 is 15.9 Å². The summed E-state index contributed by atoms with van der Waals surface area (Å²) in [6, 6.07) is 10.3. The summed E-state index contributed by atoms with van der Waals surface area (Å²) < 4.78 is 39.4. The fraction of sp³-hybridized carbons (Fsp3) is 0.300. The highest BCUT2D eigenvalue weighted by atomic mass is 32.2. The van der Waals surface area contributed by atoms with Gasteiger partial charge in [0.1, 0.15) is 5.82 Å². The number of aromatic nitrogens is 1. The van der Waals surface area contributed by atoms with Crippen LogP contribution in [-0.2, 0) is 14.8 Å². The molecule has 4 rings (SSSR count). The van der Waals surface area contributed by atoms with Crippen molar-refractivity contribution in [1.29, 1.82) is 0 Å². The van der Waals surface area contributed by atoms with Crippen LogP contribution in [0.1, 0.15) is 11.5 Å². The zero-order valence-corrected chi connectivity index (χ0v) is 16.3. The lowest BCUT2D eigenvalue weighted by atomic mass is 9.92. The van der Waals surface area contributed by atoms with Crippen molar-refractivity contribution < 1.29 is 22.7 Å². The fourth-order valence-corrected chi connectivity index (χ4v) is 4.80. The number of amides is 1. The highest BCUT2D eigenvalue weighted by molar-refractivity contribution is 7.89. The van der Waals surface area contributed by atoms with Gasteiger partial charge in [0, 0.05) is 32.4 Å². The molecule has 0 spiro atoms. The minimum absolute atomic E-state index is 0.0274. The number of sulfonamides is 1. The predicted molar refractivity (Wildman–Crippen MR) is 103 cm³/mol. The SMILES string of the molecule is O=C([C@H](CO)c1ccc(F)cc1)N1CC(=C2CN(S(=O)(=O)c3ccccn3)C2)C1. The average Bonchev–Trinajstić information content (AvgIpc) is 2.65. The van der Waals surface area contributed by atoms with Crippen LogP contribution in [0.25, 0.3) is 0 Å². The lowest BCUT2D eigenvalue weighted by molar-refractivity contribution is -0.135. The van der Waals surface area contributed by atoms with Crippen molar-refractivity contribution in [2.45, 2.75) is 10.9 Å². The van der Waals surface area contributed by atoms with Crippen LogP contribution in [0.3, 0.4) is 0 Å². The number of aliphatic hydroxyl groups excluding tert-OH is 1. The van der Waals surface area contributed by atoms with Gasteiger partial charge in [-0.3, -0.25) is 4.79 Å². The minimum Gasteiger partial charge on any atom is -0.395 e. The van der Waals surface area contributed by atoms with Crippen molar-refractivity contribution in [3.63, 3.8) is 0 Å². The van der Waals surface area contributed by atoms with Gasteiger partial charge in [0.2, 0.25) is 5.91 Å². The normalized spacial score (nSPS) is 18.2. The number of hydrogen-bond acceptors (Lipinski definition) is 5. The first-order valence-electron chi connectivity index (χ1n) is 9.16. The Morgan fingerprint density at radius 1 is 1.07 bits per heavy atom. The number of nitrogens with zero attached hydrogens (tertiary/aromatic N) is 3. The summed E-state index contributed by atoms with van der Waals surface area (Å²) in [4.78, 5) is 18.2. The maximum Gasteiger partial charge on any atom is 0.261 e. The number of rotatable bonds is 5. The molecular weight excluding hydrogens is 397 g/mol. The summed E-state index contributed by atoms with van der Waals surface area (Å²) >= 11 is 0. The summed E-state index contributed by atoms with van der Waals surface area (Å²) in [5.74, 6) is -1.35. The van der Waals surface area contributed by atoms with Crippen molar-refractivity contribution in [2.24, 2.45) is 0 Å². The second-order valence-corrected chi connectivity index (χ2v) is 9.01. The van der Waals surface area contributed by atoms with Gasteiger partial charge in [-0.05, 0) is 41.0 Å². The lowest BCUT2D eigenvalue weighted by Crippen LogP contribution is -2.52. The lowest BCUT2D eigenvalue weighted by Gasteiger charge is -2.42. The molecule has 0 saturated carbocycles. The molecule has 0 unspecified atom stereocenters. The highest BCUT2D eigenvalue weighted by Gasteiger charge is 2.39. The fourth-order valence-electron chi connectivity index (χ4n) is 3.44. The Hall–Kier alpha value is -2.62. The molecule has 1 atom stereocenters. The van der Waals surface area contributed by atoms with E-state index in [1.165, 1.54) is 40.8 Å². The molecule has 29 heavy (non-hydrogen) atoms. The Morgan fingerprint density at radius 3 is 2.31 bits per heavy atom. The first kappa shape index (κ1) is 19.7. The molecule has 2 aromatic rings. The number of carbonyl (C=O) groups is 1. The van der Waals surface area contributed by atoms with E-state index in [1.54, 1.807) is 17.0 Å². The van der Waals surface area contributed by atoms with Crippen LogP contribution in [0.15, 0.2) is 64.8 Å². The molecule has 0 aliphatic carbocycles. The van der Waals surface area contributed by atoms with Crippen LogP contribution in [-0.4, -0.2) is 66.4 Å². The highest BCUT2D eigenvalue weighted by Crippen LogP contribution is 2.31. The van der Waals surface area contributed by atoms with E-state index >= 15 is 0 Å². The van der Waals surface area contributed by atoms with Gasteiger partial charge in [-0.25, -0.2) is 17.8 Å². The molecule has 3 heterocycles. The number of likely N-dealkylation sites (tertiary alicyclic amines) is 1. The average molecular weight is 417 g/mol. The van der Waals surface area contributed by atoms with Crippen LogP contribution < -0.4 is 0 Å². The van der Waals surface area contributed by atoms with E-state index in [4.69, 9.17) is 0 Å². The quantitative estimate of drug-likeness (QED) is 0.737. The molecule has 2 aliphatic rings. The van der Waals surface area contributed by atoms with Gasteiger partial charge in [0.15, 0.2) is 5.03 Å². The molecule has 0 radical (unpaired) electrons. The van der Waals surface area contributed by atoms with Gasteiger partial charge in [-0.15, -0.1) is 0 Å². The van der Waals surface area contributed by atoms with Gasteiger partial charge in [-0.1, -0.05) is 18.2 Å². The largest absolute Gasteiger partial charge is 0.395 e. The Bertz CT molecular complexity index is 1040. The van der Waals surface area contributed by atoms with E-state index in [0.717, 1.165) is 11.1 Å². The van der Waals surface area contributed by atoms with Crippen molar-refractivity contribution in [3.8, 4) is 0 Å². The summed E-state index contributed by atoms with van der Waals surface area (Å²) in [5, 5.41) is 9.65. The smallest absolute Gasteiger partial charge is 0.261 e. The van der Waals surface area contributed by atoms with E-state index in [2.05, 4.69) is 4.98 Å². The minimum atomic E-state index is -3.60. The van der Waals surface area contributed by atoms with E-state index in [-0.39, 0.29) is 17.5 Å². The first-order valence-corrected chi connectivity index (χ1v) is 10.6. The Morgan fingerprint density at radius 2 is 1.72 bits per heavy atom. The van der Waals surface area contributed by atoms with Crippen LogP contribution >= 0.6 is 0 Å². The van der Waals surface area contributed by atoms with Gasteiger partial charge < -0.3 is 10.0 Å². The summed E-state index contributed by atoms with van der Waals surface area (Å²) in [6.07, 6.45) is 1.44. The van der Waals surface area contributed by atoms with E-state index in [9.17, 15) is 22.7 Å². The molecule has 7 nitrogen and oxygen atoms in total. The van der Waals surface area contributed by atoms with Gasteiger partial charge >= 0.3 is 0 Å². The van der Waals surface area contributed by atoms with Crippen molar-refractivity contribution in [1.82, 2.24) is 14.2 Å². The predicted octanol–water partition coefficient (Wildman–Crippen LogP) is 1.14. The number of pyridine rings is 1. The first-order chi connectivity index (χ1) is 13.9. The summed E-state index contributed by atoms with van der Waals surface area (Å²) in [5.41, 5.74) is 2.62. The number of halogens is 1. The summed E-state index contributed by atoms with van der Waals surface area (Å²) in [7, 11) is -3.60. The van der Waals surface area contributed by atoms with E-state index < -0.39 is 21.8 Å². The Labute approximate surface area is 168 Å². The van der Waals surface area contributed by atoms with E-state index in [1.807, 2.05) is 0 Å². The van der Waals surface area contributed by atoms with Crippen LogP contribution in [0.4, 0.5) is 4.39 Å². The second kappa shape index (κ2) is 7.66. The zero-order chi connectivity index (χ0) is 20.6. The van der Waals surface area contributed by atoms with Crippen molar-refractivity contribution in [3.05, 3.63) is 71.2 Å². The maximum atomic E-state index is 13.1. The zero-order valence-electron chi connectivity index (χ0n) is 15.5. The Balaban J connectivity index is 1.37. The van der Waals surface area contributed by atoms with E-state index in [0.29, 0.717) is 31.7 Å². The molecule has 1 amide bonds. The van der Waals surface area contributed by atoms with Crippen LogP contribution in [0, 0.1) is 5.82 Å². The third-order valence-electron chi connectivity index (χ3n) is 5.30. The number of aliphatic hydroxyl groups is 1. The molecule has 1 aromatic heterocycles. The summed E-state index contributed by atoms with van der Waals surface area (Å²) in [6.45, 7) is 1.09. The Kier molecular flexibility index (Phi) is 5.20. The second-order valence-electron chi connectivity index (χ2n) is 7.13. The molecule has 1 aromatic carbocycles. The van der Waals surface area contributed by atoms with Crippen LogP contribution in [0.2, 0.25) is 0 Å². The third-order valence-corrected chi connectivity index (χ3v) is 7.01. The molecule has 2 aliphatic heterocycles. The standard InChI is InChI=1S/C20H20FN3O4S/c21-17-6-4-14(5-7-17)18(13-25)20(26)23-9-15(10-23)16-11-24(12-16)29(27,28)19-3-1-2-8-22-19/h1-8,18,25H,9-13H2/t18-/m1/s1. The molecule has 2 saturated heterocycles. The number of benzene rings is 1. The van der Waals surface area contributed by atoms with Gasteiger partial charge in [0.25, 0.3) is 10.0 Å².